The molecule has 0 heterocycles. The molecule has 0 spiro atoms. The zero-order valence-electron chi connectivity index (χ0n) is 9.19. The lowest BCUT2D eigenvalue weighted by Gasteiger charge is -2.10. The van der Waals surface area contributed by atoms with Crippen LogP contribution in [0.1, 0.15) is 19.8 Å². The van der Waals surface area contributed by atoms with Gasteiger partial charge in [0, 0.05) is 10.5 Å². The standard InChI is InChI=1S/C11H16BrNO2S/c1-2-3-10(13)8-16(14,15)11-6-4-9(12)5-7-11/h4-7,10H,2-3,8,13H2,1H3. The fourth-order valence-electron chi connectivity index (χ4n) is 1.47. The zero-order chi connectivity index (χ0) is 12.2. The summed E-state index contributed by atoms with van der Waals surface area (Å²) in [5, 5.41) is 0. The Kier molecular flexibility index (Phi) is 4.95. The first-order valence-electron chi connectivity index (χ1n) is 5.19. The molecule has 1 aromatic rings. The van der Waals surface area contributed by atoms with E-state index in [0.29, 0.717) is 4.90 Å². The van der Waals surface area contributed by atoms with Gasteiger partial charge in [0.15, 0.2) is 9.84 Å². The van der Waals surface area contributed by atoms with Crippen LogP contribution in [0.3, 0.4) is 0 Å². The summed E-state index contributed by atoms with van der Waals surface area (Å²) in [6.07, 6.45) is 1.63. The molecule has 90 valence electrons. The number of hydrogen-bond acceptors (Lipinski definition) is 3. The normalized spacial score (nSPS) is 13.7. The highest BCUT2D eigenvalue weighted by Gasteiger charge is 2.17. The van der Waals surface area contributed by atoms with Gasteiger partial charge in [-0.1, -0.05) is 29.3 Å². The van der Waals surface area contributed by atoms with E-state index < -0.39 is 9.84 Å². The van der Waals surface area contributed by atoms with E-state index in [1.54, 1.807) is 24.3 Å². The van der Waals surface area contributed by atoms with Gasteiger partial charge in [-0.05, 0) is 30.7 Å². The van der Waals surface area contributed by atoms with Crippen molar-refractivity contribution in [1.82, 2.24) is 0 Å². The first kappa shape index (κ1) is 13.7. The molecule has 0 radical (unpaired) electrons. The lowest BCUT2D eigenvalue weighted by molar-refractivity contribution is 0.577. The summed E-state index contributed by atoms with van der Waals surface area (Å²) >= 11 is 3.27. The molecule has 0 fully saturated rings. The van der Waals surface area contributed by atoms with E-state index in [0.717, 1.165) is 17.3 Å². The van der Waals surface area contributed by atoms with Crippen molar-refractivity contribution in [2.45, 2.75) is 30.7 Å². The van der Waals surface area contributed by atoms with Crippen molar-refractivity contribution in [1.29, 1.82) is 0 Å². The van der Waals surface area contributed by atoms with Crippen LogP contribution >= 0.6 is 15.9 Å². The van der Waals surface area contributed by atoms with Crippen LogP contribution in [0.15, 0.2) is 33.6 Å². The summed E-state index contributed by atoms with van der Waals surface area (Å²) in [5.74, 6) is 0.0163. The van der Waals surface area contributed by atoms with Gasteiger partial charge in [-0.2, -0.15) is 0 Å². The highest BCUT2D eigenvalue weighted by molar-refractivity contribution is 9.10. The van der Waals surface area contributed by atoms with Crippen LogP contribution in [-0.4, -0.2) is 20.2 Å². The number of hydrogen-bond donors (Lipinski definition) is 1. The van der Waals surface area contributed by atoms with Crippen molar-refractivity contribution < 1.29 is 8.42 Å². The number of rotatable bonds is 5. The Morgan fingerprint density at radius 1 is 1.31 bits per heavy atom. The molecule has 5 heteroatoms. The van der Waals surface area contributed by atoms with Gasteiger partial charge >= 0.3 is 0 Å². The summed E-state index contributed by atoms with van der Waals surface area (Å²) in [7, 11) is -3.24. The first-order valence-corrected chi connectivity index (χ1v) is 7.64. The minimum atomic E-state index is -3.24. The third kappa shape index (κ3) is 3.88. The second-order valence-electron chi connectivity index (χ2n) is 3.78. The van der Waals surface area contributed by atoms with Gasteiger partial charge in [-0.15, -0.1) is 0 Å². The third-order valence-electron chi connectivity index (χ3n) is 2.27. The van der Waals surface area contributed by atoms with Crippen LogP contribution in [0.4, 0.5) is 0 Å². The van der Waals surface area contributed by atoms with E-state index in [-0.39, 0.29) is 11.8 Å². The Balaban J connectivity index is 2.82. The molecule has 0 amide bonds. The summed E-state index contributed by atoms with van der Waals surface area (Å²) < 4.78 is 24.7. The molecule has 2 N–H and O–H groups in total. The van der Waals surface area contributed by atoms with Gasteiger partial charge in [0.05, 0.1) is 10.6 Å². The summed E-state index contributed by atoms with van der Waals surface area (Å²) in [5.41, 5.74) is 5.75. The Morgan fingerprint density at radius 3 is 2.38 bits per heavy atom. The molecule has 1 atom stereocenters. The van der Waals surface area contributed by atoms with Crippen molar-refractivity contribution in [2.75, 3.05) is 5.75 Å². The lowest BCUT2D eigenvalue weighted by Crippen LogP contribution is -2.29. The van der Waals surface area contributed by atoms with Crippen molar-refractivity contribution in [3.63, 3.8) is 0 Å². The van der Waals surface area contributed by atoms with Crippen LogP contribution in [0.5, 0.6) is 0 Å². The van der Waals surface area contributed by atoms with Gasteiger partial charge < -0.3 is 5.73 Å². The Morgan fingerprint density at radius 2 is 1.88 bits per heavy atom. The van der Waals surface area contributed by atoms with E-state index in [1.165, 1.54) is 0 Å². The van der Waals surface area contributed by atoms with E-state index >= 15 is 0 Å². The molecule has 16 heavy (non-hydrogen) atoms. The molecule has 0 aromatic heterocycles. The van der Waals surface area contributed by atoms with Crippen molar-refractivity contribution >= 4 is 25.8 Å². The van der Waals surface area contributed by atoms with E-state index in [9.17, 15) is 8.42 Å². The predicted octanol–water partition coefficient (Wildman–Crippen LogP) is 2.35. The molecule has 0 aliphatic rings. The average molecular weight is 306 g/mol. The van der Waals surface area contributed by atoms with E-state index in [4.69, 9.17) is 5.73 Å². The van der Waals surface area contributed by atoms with Gasteiger partial charge in [-0.25, -0.2) is 8.42 Å². The number of halogens is 1. The second kappa shape index (κ2) is 5.80. The smallest absolute Gasteiger partial charge is 0.179 e. The fourth-order valence-corrected chi connectivity index (χ4v) is 3.21. The third-order valence-corrected chi connectivity index (χ3v) is 4.65. The molecular weight excluding hydrogens is 290 g/mol. The van der Waals surface area contributed by atoms with Crippen LogP contribution in [0, 0.1) is 0 Å². The largest absolute Gasteiger partial charge is 0.327 e. The maximum absolute atomic E-state index is 11.9. The zero-order valence-corrected chi connectivity index (χ0v) is 11.6. The number of nitrogens with two attached hydrogens (primary N) is 1. The van der Waals surface area contributed by atoms with Crippen LogP contribution in [0.25, 0.3) is 0 Å². The monoisotopic (exact) mass is 305 g/mol. The van der Waals surface area contributed by atoms with Crippen molar-refractivity contribution in [3.05, 3.63) is 28.7 Å². The summed E-state index contributed by atoms with van der Waals surface area (Å²) in [6.45, 7) is 1.99. The average Bonchev–Trinajstić information content (AvgIpc) is 2.17. The molecule has 1 aromatic carbocycles. The molecular formula is C11H16BrNO2S. The summed E-state index contributed by atoms with van der Waals surface area (Å²) in [6, 6.07) is 6.35. The lowest BCUT2D eigenvalue weighted by atomic mass is 10.2. The molecule has 0 saturated heterocycles. The Bertz CT molecular complexity index is 428. The predicted molar refractivity (Wildman–Crippen MR) is 69.1 cm³/mol. The van der Waals surface area contributed by atoms with E-state index in [2.05, 4.69) is 15.9 Å². The first-order chi connectivity index (χ1) is 7.45. The van der Waals surface area contributed by atoms with Gasteiger partial charge in [-0.3, -0.25) is 0 Å². The quantitative estimate of drug-likeness (QED) is 0.908. The maximum atomic E-state index is 11.9. The van der Waals surface area contributed by atoms with Gasteiger partial charge in [0.25, 0.3) is 0 Å². The van der Waals surface area contributed by atoms with E-state index in [1.807, 2.05) is 6.92 Å². The molecule has 3 nitrogen and oxygen atoms in total. The number of benzene rings is 1. The SMILES string of the molecule is CCCC(N)CS(=O)(=O)c1ccc(Br)cc1. The molecule has 1 rings (SSSR count). The molecule has 0 saturated carbocycles. The van der Waals surface area contributed by atoms with Gasteiger partial charge in [0.1, 0.15) is 0 Å². The maximum Gasteiger partial charge on any atom is 0.179 e. The topological polar surface area (TPSA) is 60.2 Å². The molecule has 1 unspecified atom stereocenters. The molecule has 0 aliphatic heterocycles. The number of sulfone groups is 1. The Labute approximate surface area is 105 Å². The second-order valence-corrected chi connectivity index (χ2v) is 6.73. The Hall–Kier alpha value is -0.390. The summed E-state index contributed by atoms with van der Waals surface area (Å²) in [4.78, 5) is 0.335. The van der Waals surface area contributed by atoms with Gasteiger partial charge in [0.2, 0.25) is 0 Å². The van der Waals surface area contributed by atoms with Crippen LogP contribution < -0.4 is 5.73 Å². The molecule has 0 bridgehead atoms. The minimum absolute atomic E-state index is 0.0163. The highest BCUT2D eigenvalue weighted by Crippen LogP contribution is 2.16. The fraction of sp³-hybridized carbons (Fsp3) is 0.455. The highest BCUT2D eigenvalue weighted by atomic mass is 79.9. The van der Waals surface area contributed by atoms with Crippen LogP contribution in [0.2, 0.25) is 0 Å². The van der Waals surface area contributed by atoms with Crippen molar-refractivity contribution in [2.24, 2.45) is 5.73 Å². The minimum Gasteiger partial charge on any atom is -0.327 e. The van der Waals surface area contributed by atoms with Crippen LogP contribution in [-0.2, 0) is 9.84 Å². The molecule has 0 aliphatic carbocycles. The van der Waals surface area contributed by atoms with Crippen molar-refractivity contribution in [3.8, 4) is 0 Å².